The predicted molar refractivity (Wildman–Crippen MR) is 97.8 cm³/mol. The van der Waals surface area contributed by atoms with E-state index in [0.717, 1.165) is 17.8 Å². The number of hydrogen-bond donors (Lipinski definition) is 3. The van der Waals surface area contributed by atoms with Crippen LogP contribution in [0.1, 0.15) is 59.3 Å². The van der Waals surface area contributed by atoms with Crippen molar-refractivity contribution >= 4 is 7.82 Å². The van der Waals surface area contributed by atoms with Crippen molar-refractivity contribution in [1.29, 1.82) is 0 Å². The lowest BCUT2D eigenvalue weighted by molar-refractivity contribution is -0.664. The van der Waals surface area contributed by atoms with Gasteiger partial charge in [-0.2, -0.15) is 7.82 Å². The third-order valence-corrected chi connectivity index (χ3v) is 5.18. The second-order valence-electron chi connectivity index (χ2n) is 8.09. The van der Waals surface area contributed by atoms with Crippen LogP contribution in [0.2, 0.25) is 0 Å². The van der Waals surface area contributed by atoms with Gasteiger partial charge >= 0.3 is 0 Å². The smallest absolute Gasteiger partial charge is 0.0757 e. The van der Waals surface area contributed by atoms with Gasteiger partial charge in [-0.1, -0.05) is 20.8 Å². The molecule has 3 aliphatic rings. The van der Waals surface area contributed by atoms with Gasteiger partial charge in [0, 0.05) is 0 Å². The summed E-state index contributed by atoms with van der Waals surface area (Å²) in [5, 5.41) is 7.21. The molecule has 0 bridgehead atoms. The van der Waals surface area contributed by atoms with Crippen LogP contribution in [0.3, 0.4) is 0 Å². The fourth-order valence-corrected chi connectivity index (χ4v) is 3.28. The highest BCUT2D eigenvalue weighted by Crippen LogP contribution is 2.06. The number of piperidine rings is 3. The van der Waals surface area contributed by atoms with E-state index < -0.39 is 7.82 Å². The molecule has 0 spiro atoms. The topological polar surface area (TPSA) is 136 Å². The standard InChI is InChI=1S/3C6H13N.H3O4P/c3*1-6-2-4-7-5-3-6;1-5(2,3)4/h3*6-7H,2-5H2,1H3;(H3,1,2,3,4). The van der Waals surface area contributed by atoms with Gasteiger partial charge in [-0.3, -0.25) is 0 Å². The molecule has 158 valence electrons. The quantitative estimate of drug-likeness (QED) is 0.379. The van der Waals surface area contributed by atoms with Gasteiger partial charge in [-0.05, 0) is 56.3 Å². The van der Waals surface area contributed by atoms with Crippen molar-refractivity contribution < 1.29 is 35.2 Å². The molecule has 0 saturated carbocycles. The number of phosphoric acid groups is 1. The highest BCUT2D eigenvalue weighted by molar-refractivity contribution is 7.40. The van der Waals surface area contributed by atoms with E-state index >= 15 is 0 Å². The summed E-state index contributed by atoms with van der Waals surface area (Å²) in [6.07, 6.45) is 8.58. The van der Waals surface area contributed by atoms with Crippen LogP contribution in [0.25, 0.3) is 0 Å². The summed E-state index contributed by atoms with van der Waals surface area (Å²) in [6.45, 7) is 15.2. The third kappa shape index (κ3) is 22.0. The SMILES string of the molecule is CC1CC[NH2+]CC1.CC1CC[NH2+]CC1.CC1CC[NH2+]CC1.O=P([O-])([O-])[O-]. The molecule has 8 heteroatoms. The molecule has 0 amide bonds. The van der Waals surface area contributed by atoms with Crippen LogP contribution in [0.4, 0.5) is 0 Å². The molecule has 3 heterocycles. The summed E-state index contributed by atoms with van der Waals surface area (Å²) in [4.78, 5) is 25.6. The van der Waals surface area contributed by atoms with Gasteiger partial charge in [0.25, 0.3) is 0 Å². The monoisotopic (exact) mass is 395 g/mol. The number of hydrogen-bond acceptors (Lipinski definition) is 4. The van der Waals surface area contributed by atoms with E-state index in [0.29, 0.717) is 0 Å². The Bertz CT molecular complexity index is 304. The molecule has 0 aromatic heterocycles. The number of quaternary nitrogens is 3. The lowest BCUT2D eigenvalue weighted by Gasteiger charge is -2.36. The van der Waals surface area contributed by atoms with Crippen LogP contribution in [0.15, 0.2) is 0 Å². The van der Waals surface area contributed by atoms with Crippen LogP contribution in [-0.2, 0) is 4.57 Å². The minimum Gasteiger partial charge on any atom is -0.822 e. The predicted octanol–water partition coefficient (Wildman–Crippen LogP) is -2.89. The fraction of sp³-hybridized carbons (Fsp3) is 1.00. The van der Waals surface area contributed by atoms with Crippen molar-refractivity contribution in [2.75, 3.05) is 39.3 Å². The second-order valence-corrected chi connectivity index (χ2v) is 8.99. The molecular formula is C18H42N3O4P. The highest BCUT2D eigenvalue weighted by Gasteiger charge is 2.09. The first-order valence-electron chi connectivity index (χ1n) is 10.4. The first-order valence-corrected chi connectivity index (χ1v) is 11.8. The van der Waals surface area contributed by atoms with Gasteiger partial charge in [0.1, 0.15) is 0 Å². The summed E-state index contributed by atoms with van der Waals surface area (Å²) in [7, 11) is -5.39. The van der Waals surface area contributed by atoms with Gasteiger partial charge in [-0.25, -0.2) is 0 Å². The van der Waals surface area contributed by atoms with E-state index in [1.165, 1.54) is 77.8 Å². The van der Waals surface area contributed by atoms with Crippen LogP contribution in [0, 0.1) is 17.8 Å². The Labute approximate surface area is 160 Å². The lowest BCUT2D eigenvalue weighted by Crippen LogP contribution is -2.86. The molecule has 0 aliphatic carbocycles. The van der Waals surface area contributed by atoms with Crippen molar-refractivity contribution in [2.45, 2.75) is 59.3 Å². The number of nitrogens with two attached hydrogens (primary N) is 3. The average Bonchev–Trinajstić information content (AvgIpc) is 2.57. The van der Waals surface area contributed by atoms with Crippen molar-refractivity contribution in [3.05, 3.63) is 0 Å². The Morgan fingerprint density at radius 1 is 0.577 bits per heavy atom. The zero-order valence-corrected chi connectivity index (χ0v) is 17.9. The minimum absolute atomic E-state index is 1.00. The first kappa shape index (κ1) is 26.0. The third-order valence-electron chi connectivity index (χ3n) is 5.18. The summed E-state index contributed by atoms with van der Waals surface area (Å²) in [6, 6.07) is 0. The van der Waals surface area contributed by atoms with Crippen molar-refractivity contribution in [3.8, 4) is 0 Å². The van der Waals surface area contributed by atoms with E-state index in [1.807, 2.05) is 0 Å². The highest BCUT2D eigenvalue weighted by atomic mass is 31.2. The Morgan fingerprint density at radius 2 is 0.731 bits per heavy atom. The Balaban J connectivity index is 0.000000324. The van der Waals surface area contributed by atoms with Crippen LogP contribution in [0.5, 0.6) is 0 Å². The molecule has 6 N–H and O–H groups in total. The molecule has 3 rings (SSSR count). The second kappa shape index (κ2) is 16.0. The zero-order chi connectivity index (χ0) is 19.8. The summed E-state index contributed by atoms with van der Waals surface area (Å²) in [5.41, 5.74) is 0. The van der Waals surface area contributed by atoms with Crippen LogP contribution < -0.4 is 30.6 Å². The van der Waals surface area contributed by atoms with Crippen molar-refractivity contribution in [1.82, 2.24) is 0 Å². The molecule has 0 radical (unpaired) electrons. The molecule has 3 aliphatic heterocycles. The summed E-state index contributed by atoms with van der Waals surface area (Å²) in [5.74, 6) is 3.01. The van der Waals surface area contributed by atoms with E-state index in [2.05, 4.69) is 36.7 Å². The van der Waals surface area contributed by atoms with E-state index in [-0.39, 0.29) is 0 Å². The van der Waals surface area contributed by atoms with E-state index in [9.17, 15) is 0 Å². The van der Waals surface area contributed by atoms with Crippen LogP contribution in [-0.4, -0.2) is 39.3 Å². The summed E-state index contributed by atoms with van der Waals surface area (Å²) < 4.78 is 8.55. The normalized spacial score (nSPS) is 22.7. The van der Waals surface area contributed by atoms with Gasteiger partial charge in [-0.15, -0.1) is 0 Å². The largest absolute Gasteiger partial charge is 0.822 e. The molecular weight excluding hydrogens is 353 g/mol. The van der Waals surface area contributed by atoms with Crippen molar-refractivity contribution in [3.63, 3.8) is 0 Å². The first-order chi connectivity index (χ1) is 12.2. The molecule has 7 nitrogen and oxygen atoms in total. The fourth-order valence-electron chi connectivity index (χ4n) is 3.28. The summed E-state index contributed by atoms with van der Waals surface area (Å²) >= 11 is 0. The minimum atomic E-state index is -5.39. The number of rotatable bonds is 0. The molecule has 0 aromatic carbocycles. The van der Waals surface area contributed by atoms with Crippen molar-refractivity contribution in [2.24, 2.45) is 17.8 Å². The Morgan fingerprint density at radius 3 is 0.808 bits per heavy atom. The molecule has 3 saturated heterocycles. The molecule has 0 unspecified atom stereocenters. The maximum atomic E-state index is 8.55. The van der Waals surface area contributed by atoms with E-state index in [4.69, 9.17) is 19.2 Å². The molecule has 26 heavy (non-hydrogen) atoms. The van der Waals surface area contributed by atoms with Gasteiger partial charge in [0.2, 0.25) is 0 Å². The maximum absolute atomic E-state index is 8.55. The molecule has 3 fully saturated rings. The molecule has 0 aromatic rings. The Hall–Kier alpha value is -0.0100. The maximum Gasteiger partial charge on any atom is 0.0757 e. The van der Waals surface area contributed by atoms with Crippen LogP contribution >= 0.6 is 7.82 Å². The zero-order valence-electron chi connectivity index (χ0n) is 17.0. The van der Waals surface area contributed by atoms with Gasteiger partial charge in [0.15, 0.2) is 0 Å². The average molecular weight is 396 g/mol. The van der Waals surface area contributed by atoms with E-state index in [1.54, 1.807) is 0 Å². The van der Waals surface area contributed by atoms with Gasteiger partial charge < -0.3 is 35.2 Å². The Kier molecular flexibility index (Phi) is 16.0. The lowest BCUT2D eigenvalue weighted by atomic mass is 10.0. The van der Waals surface area contributed by atoms with Gasteiger partial charge in [0.05, 0.1) is 39.3 Å². The molecule has 0 atom stereocenters.